The molecule has 2 rings (SSSR count). The van der Waals surface area contributed by atoms with Crippen molar-refractivity contribution in [3.05, 3.63) is 34.1 Å². The second-order valence-electron chi connectivity index (χ2n) is 5.65. The van der Waals surface area contributed by atoms with Crippen LogP contribution in [-0.4, -0.2) is 5.54 Å². The van der Waals surface area contributed by atoms with Gasteiger partial charge in [0, 0.05) is 10.0 Å². The molecule has 0 amide bonds. The summed E-state index contributed by atoms with van der Waals surface area (Å²) < 4.78 is 14.7. The van der Waals surface area contributed by atoms with E-state index in [9.17, 15) is 4.39 Å². The number of benzene rings is 1. The molecule has 1 nitrogen and oxygen atoms in total. The van der Waals surface area contributed by atoms with E-state index in [0.717, 1.165) is 22.9 Å². The molecule has 2 unspecified atom stereocenters. The first-order valence-corrected chi connectivity index (χ1v) is 7.54. The van der Waals surface area contributed by atoms with Crippen molar-refractivity contribution in [2.45, 2.75) is 51.0 Å². The zero-order valence-electron chi connectivity index (χ0n) is 10.9. The highest BCUT2D eigenvalue weighted by atomic mass is 79.9. The SMILES string of the molecule is CCC1CCCC(N)(Cc2ccc(Br)cc2F)C1. The van der Waals surface area contributed by atoms with Gasteiger partial charge in [-0.3, -0.25) is 0 Å². The van der Waals surface area contributed by atoms with E-state index in [2.05, 4.69) is 22.9 Å². The quantitative estimate of drug-likeness (QED) is 0.877. The van der Waals surface area contributed by atoms with Crippen LogP contribution in [0, 0.1) is 11.7 Å². The molecule has 0 bridgehead atoms. The van der Waals surface area contributed by atoms with Crippen molar-refractivity contribution < 1.29 is 4.39 Å². The summed E-state index contributed by atoms with van der Waals surface area (Å²) in [5.74, 6) is 0.565. The smallest absolute Gasteiger partial charge is 0.127 e. The number of hydrogen-bond acceptors (Lipinski definition) is 1. The zero-order valence-corrected chi connectivity index (χ0v) is 12.5. The van der Waals surface area contributed by atoms with E-state index in [0.29, 0.717) is 12.3 Å². The van der Waals surface area contributed by atoms with Crippen molar-refractivity contribution in [2.24, 2.45) is 11.7 Å². The fourth-order valence-corrected chi connectivity index (χ4v) is 3.41. The molecule has 0 saturated heterocycles. The van der Waals surface area contributed by atoms with E-state index in [1.165, 1.54) is 25.3 Å². The van der Waals surface area contributed by atoms with Crippen molar-refractivity contribution in [1.82, 2.24) is 0 Å². The van der Waals surface area contributed by atoms with Crippen LogP contribution in [0.3, 0.4) is 0 Å². The molecule has 1 fully saturated rings. The second-order valence-corrected chi connectivity index (χ2v) is 6.56. The van der Waals surface area contributed by atoms with E-state index >= 15 is 0 Å². The lowest BCUT2D eigenvalue weighted by atomic mass is 9.72. The fraction of sp³-hybridized carbons (Fsp3) is 0.600. The monoisotopic (exact) mass is 313 g/mol. The molecular formula is C15H21BrFN. The number of nitrogens with two attached hydrogens (primary N) is 1. The molecule has 0 heterocycles. The first-order chi connectivity index (χ1) is 8.52. The third-order valence-electron chi connectivity index (χ3n) is 4.12. The van der Waals surface area contributed by atoms with Crippen LogP contribution < -0.4 is 5.73 Å². The summed E-state index contributed by atoms with van der Waals surface area (Å²) in [6.45, 7) is 2.22. The molecule has 1 saturated carbocycles. The number of hydrogen-bond donors (Lipinski definition) is 1. The van der Waals surface area contributed by atoms with E-state index < -0.39 is 0 Å². The summed E-state index contributed by atoms with van der Waals surface area (Å²) in [6.07, 6.45) is 6.33. The standard InChI is InChI=1S/C15H21BrFN/c1-2-11-4-3-7-15(18,9-11)10-12-5-6-13(16)8-14(12)17/h5-6,8,11H,2-4,7,9-10,18H2,1H3. The van der Waals surface area contributed by atoms with Crippen LogP contribution >= 0.6 is 15.9 Å². The van der Waals surface area contributed by atoms with Crippen molar-refractivity contribution >= 4 is 15.9 Å². The molecule has 3 heteroatoms. The molecule has 2 N–H and O–H groups in total. The molecular weight excluding hydrogens is 293 g/mol. The Bertz CT molecular complexity index is 421. The predicted octanol–water partition coefficient (Wildman–Crippen LogP) is 4.43. The Labute approximate surface area is 117 Å². The minimum absolute atomic E-state index is 0.146. The van der Waals surface area contributed by atoms with Crippen LogP contribution in [0.25, 0.3) is 0 Å². The Hall–Kier alpha value is -0.410. The minimum Gasteiger partial charge on any atom is -0.325 e. The maximum absolute atomic E-state index is 13.9. The van der Waals surface area contributed by atoms with Gasteiger partial charge in [-0.2, -0.15) is 0 Å². The van der Waals surface area contributed by atoms with Gasteiger partial charge in [0.2, 0.25) is 0 Å². The molecule has 18 heavy (non-hydrogen) atoms. The summed E-state index contributed by atoms with van der Waals surface area (Å²) in [5.41, 5.74) is 7.02. The molecule has 1 aliphatic rings. The van der Waals surface area contributed by atoms with Crippen LogP contribution in [0.4, 0.5) is 4.39 Å². The largest absolute Gasteiger partial charge is 0.325 e. The van der Waals surface area contributed by atoms with Gasteiger partial charge in [0.05, 0.1) is 0 Å². The Balaban J connectivity index is 2.11. The third kappa shape index (κ3) is 3.33. The van der Waals surface area contributed by atoms with Crippen LogP contribution in [0.5, 0.6) is 0 Å². The first kappa shape index (κ1) is 14.0. The molecule has 1 aromatic carbocycles. The molecule has 1 aliphatic carbocycles. The van der Waals surface area contributed by atoms with Gasteiger partial charge in [0.1, 0.15) is 5.82 Å². The van der Waals surface area contributed by atoms with E-state index in [-0.39, 0.29) is 11.4 Å². The Kier molecular flexibility index (Phi) is 4.44. The van der Waals surface area contributed by atoms with Crippen LogP contribution in [-0.2, 0) is 6.42 Å². The molecule has 0 radical (unpaired) electrons. The van der Waals surface area contributed by atoms with Gasteiger partial charge in [0.15, 0.2) is 0 Å². The summed E-state index contributed by atoms with van der Waals surface area (Å²) >= 11 is 3.28. The Morgan fingerprint density at radius 1 is 1.50 bits per heavy atom. The summed E-state index contributed by atoms with van der Waals surface area (Å²) in [5, 5.41) is 0. The molecule has 0 aromatic heterocycles. The molecule has 0 aliphatic heterocycles. The van der Waals surface area contributed by atoms with Gasteiger partial charge in [0.25, 0.3) is 0 Å². The highest BCUT2D eigenvalue weighted by Gasteiger charge is 2.32. The molecule has 1 aromatic rings. The normalized spacial score (nSPS) is 28.3. The fourth-order valence-electron chi connectivity index (χ4n) is 3.08. The van der Waals surface area contributed by atoms with E-state index in [1.807, 2.05) is 12.1 Å². The molecule has 100 valence electrons. The number of rotatable bonds is 3. The van der Waals surface area contributed by atoms with Crippen LogP contribution in [0.2, 0.25) is 0 Å². The lowest BCUT2D eigenvalue weighted by Gasteiger charge is -2.38. The highest BCUT2D eigenvalue weighted by molar-refractivity contribution is 9.10. The summed E-state index contributed by atoms with van der Waals surface area (Å²) in [7, 11) is 0. The van der Waals surface area contributed by atoms with Crippen LogP contribution in [0.1, 0.15) is 44.6 Å². The highest BCUT2D eigenvalue weighted by Crippen LogP contribution is 2.35. The predicted molar refractivity (Wildman–Crippen MR) is 77.0 cm³/mol. The van der Waals surface area contributed by atoms with Crippen molar-refractivity contribution in [3.63, 3.8) is 0 Å². The van der Waals surface area contributed by atoms with Gasteiger partial charge in [-0.1, -0.05) is 48.2 Å². The number of halogens is 2. The van der Waals surface area contributed by atoms with E-state index in [4.69, 9.17) is 5.73 Å². The maximum Gasteiger partial charge on any atom is 0.127 e. The minimum atomic E-state index is -0.215. The molecule has 0 spiro atoms. The van der Waals surface area contributed by atoms with Gasteiger partial charge in [-0.25, -0.2) is 4.39 Å². The van der Waals surface area contributed by atoms with Gasteiger partial charge in [-0.05, 0) is 42.9 Å². The van der Waals surface area contributed by atoms with Crippen molar-refractivity contribution in [3.8, 4) is 0 Å². The third-order valence-corrected chi connectivity index (χ3v) is 4.61. The average Bonchev–Trinajstić information content (AvgIpc) is 2.33. The Morgan fingerprint density at radius 2 is 2.28 bits per heavy atom. The van der Waals surface area contributed by atoms with Gasteiger partial charge < -0.3 is 5.73 Å². The first-order valence-electron chi connectivity index (χ1n) is 6.75. The lowest BCUT2D eigenvalue weighted by Crippen LogP contribution is -2.46. The Morgan fingerprint density at radius 3 is 2.94 bits per heavy atom. The topological polar surface area (TPSA) is 26.0 Å². The zero-order chi connectivity index (χ0) is 13.2. The van der Waals surface area contributed by atoms with E-state index in [1.54, 1.807) is 0 Å². The van der Waals surface area contributed by atoms with Crippen molar-refractivity contribution in [1.29, 1.82) is 0 Å². The average molecular weight is 314 g/mol. The second kappa shape index (κ2) is 5.70. The van der Waals surface area contributed by atoms with Gasteiger partial charge >= 0.3 is 0 Å². The summed E-state index contributed by atoms with van der Waals surface area (Å²) in [6, 6.07) is 5.27. The maximum atomic E-state index is 13.9. The van der Waals surface area contributed by atoms with Crippen LogP contribution in [0.15, 0.2) is 22.7 Å². The lowest BCUT2D eigenvalue weighted by molar-refractivity contribution is 0.217. The summed E-state index contributed by atoms with van der Waals surface area (Å²) in [4.78, 5) is 0. The molecule has 2 atom stereocenters. The van der Waals surface area contributed by atoms with Crippen molar-refractivity contribution in [2.75, 3.05) is 0 Å². The van der Waals surface area contributed by atoms with Gasteiger partial charge in [-0.15, -0.1) is 0 Å².